The van der Waals surface area contributed by atoms with Crippen LogP contribution in [0.4, 0.5) is 0 Å². The van der Waals surface area contributed by atoms with Crippen LogP contribution in [0.25, 0.3) is 10.9 Å². The summed E-state index contributed by atoms with van der Waals surface area (Å²) in [5.74, 6) is 9.87. The van der Waals surface area contributed by atoms with Crippen molar-refractivity contribution in [3.8, 4) is 23.7 Å². The van der Waals surface area contributed by atoms with Gasteiger partial charge in [-0.05, 0) is 49.3 Å². The second-order valence-corrected chi connectivity index (χ2v) is 9.83. The average molecular weight is 431 g/mol. The molecule has 0 spiro atoms. The minimum atomic E-state index is -3.77. The molecule has 1 aliphatic rings. The summed E-state index contributed by atoms with van der Waals surface area (Å²) < 4.78 is 28.8. The summed E-state index contributed by atoms with van der Waals surface area (Å²) in [7, 11) is -3.77. The molecule has 1 fully saturated rings. The molecule has 1 atom stereocenters. The zero-order valence-corrected chi connectivity index (χ0v) is 17.3. The lowest BCUT2D eigenvalue weighted by atomic mass is 10.0. The molecular formula is C20H21N3O6S. The number of carbonyl (C=O) groups is 1. The average Bonchev–Trinajstić information content (AvgIpc) is 3.08. The van der Waals surface area contributed by atoms with Gasteiger partial charge in [-0.1, -0.05) is 5.92 Å². The van der Waals surface area contributed by atoms with Crippen LogP contribution in [0.3, 0.4) is 0 Å². The van der Waals surface area contributed by atoms with Gasteiger partial charge in [0.25, 0.3) is 5.91 Å². The van der Waals surface area contributed by atoms with Crippen LogP contribution >= 0.6 is 0 Å². The molecule has 2 aromatic rings. The number of hydrogen-bond donors (Lipinski definition) is 3. The third-order valence-electron chi connectivity index (χ3n) is 5.02. The maximum Gasteiger partial charge on any atom is 0.264 e. The summed E-state index contributed by atoms with van der Waals surface area (Å²) >= 11 is 0. The Bertz CT molecular complexity index is 1210. The highest BCUT2D eigenvalue weighted by atomic mass is 32.2. The lowest BCUT2D eigenvalue weighted by Crippen LogP contribution is -2.49. The van der Waals surface area contributed by atoms with Crippen LogP contribution in [-0.2, 0) is 25.9 Å². The van der Waals surface area contributed by atoms with E-state index >= 15 is 0 Å². The van der Waals surface area contributed by atoms with Crippen molar-refractivity contribution in [1.29, 1.82) is 0 Å². The third-order valence-corrected chi connectivity index (χ3v) is 7.04. The van der Waals surface area contributed by atoms with Gasteiger partial charge in [-0.15, -0.1) is 0 Å². The first kappa shape index (κ1) is 21.8. The molecule has 0 aliphatic carbocycles. The molecule has 0 unspecified atom stereocenters. The zero-order valence-electron chi connectivity index (χ0n) is 16.5. The molecule has 1 aromatic heterocycles. The van der Waals surface area contributed by atoms with E-state index in [4.69, 9.17) is 9.94 Å². The highest BCUT2D eigenvalue weighted by Crippen LogP contribution is 2.23. The number of carbonyl (C=O) groups excluding carboxylic acids is 1. The maximum atomic E-state index is 12.1. The lowest BCUT2D eigenvalue weighted by molar-refractivity contribution is -0.140. The second-order valence-electron chi connectivity index (χ2n) is 7.38. The minimum Gasteiger partial charge on any atom is -0.373 e. The molecule has 1 saturated heterocycles. The van der Waals surface area contributed by atoms with Gasteiger partial charge in [0, 0.05) is 29.9 Å². The van der Waals surface area contributed by atoms with Crippen molar-refractivity contribution in [2.45, 2.75) is 30.2 Å². The molecule has 3 N–H and O–H groups in total. The normalized spacial score (nSPS) is 16.9. The highest BCUT2D eigenvalue weighted by Gasteiger charge is 2.43. The molecule has 30 heavy (non-hydrogen) atoms. The van der Waals surface area contributed by atoms with E-state index in [-0.39, 0.29) is 26.2 Å². The number of fused-ring (bicyclic) bond motifs is 1. The topological polar surface area (TPSA) is 131 Å². The van der Waals surface area contributed by atoms with E-state index < -0.39 is 26.1 Å². The summed E-state index contributed by atoms with van der Waals surface area (Å²) in [5.41, 5.74) is 1.71. The molecule has 0 saturated carbocycles. The van der Waals surface area contributed by atoms with Crippen LogP contribution in [0, 0.1) is 23.7 Å². The van der Waals surface area contributed by atoms with Crippen LogP contribution in [0.2, 0.25) is 0 Å². The van der Waals surface area contributed by atoms with Crippen molar-refractivity contribution in [2.24, 2.45) is 0 Å². The molecule has 2 heterocycles. The highest BCUT2D eigenvalue weighted by molar-refractivity contribution is 7.92. The zero-order chi connectivity index (χ0) is 22.0. The smallest absolute Gasteiger partial charge is 0.264 e. The van der Waals surface area contributed by atoms with E-state index in [1.165, 1.54) is 12.4 Å². The van der Waals surface area contributed by atoms with Crippen LogP contribution in [0.15, 0.2) is 24.4 Å². The molecule has 10 heteroatoms. The number of amides is 1. The predicted molar refractivity (Wildman–Crippen MR) is 108 cm³/mol. The van der Waals surface area contributed by atoms with Gasteiger partial charge in [0.05, 0.1) is 18.7 Å². The van der Waals surface area contributed by atoms with Crippen molar-refractivity contribution in [1.82, 2.24) is 15.3 Å². The summed E-state index contributed by atoms with van der Waals surface area (Å²) in [6.07, 6.45) is 2.60. The fourth-order valence-corrected chi connectivity index (χ4v) is 3.65. The standard InChI is InChI=1S/C20H21N3O6S/c1-19(18(24)22-26,30(2,27)28)9-10-23-12-16-11-15(6-7-17(16)21-23)5-3-4-8-20(25)13-29-14-20/h6-7,11-12,25-26H,9-10,13-14H2,1-2H3,(H,22,24)/t19-/m1/s1. The van der Waals surface area contributed by atoms with E-state index in [0.29, 0.717) is 11.1 Å². The van der Waals surface area contributed by atoms with Crippen molar-refractivity contribution >= 4 is 26.6 Å². The maximum absolute atomic E-state index is 12.1. The van der Waals surface area contributed by atoms with Crippen molar-refractivity contribution in [2.75, 3.05) is 19.5 Å². The van der Waals surface area contributed by atoms with Gasteiger partial charge >= 0.3 is 0 Å². The van der Waals surface area contributed by atoms with Crippen molar-refractivity contribution in [3.05, 3.63) is 30.0 Å². The predicted octanol–water partition coefficient (Wildman–Crippen LogP) is -0.149. The Morgan fingerprint density at radius 2 is 2.13 bits per heavy atom. The van der Waals surface area contributed by atoms with Gasteiger partial charge in [0.2, 0.25) is 0 Å². The Morgan fingerprint density at radius 3 is 2.73 bits per heavy atom. The first-order chi connectivity index (χ1) is 14.1. The number of aliphatic hydroxyl groups is 1. The Balaban J connectivity index is 1.75. The van der Waals surface area contributed by atoms with Crippen LogP contribution in [0.1, 0.15) is 18.9 Å². The first-order valence-corrected chi connectivity index (χ1v) is 10.9. The van der Waals surface area contributed by atoms with Gasteiger partial charge in [0.1, 0.15) is 0 Å². The summed E-state index contributed by atoms with van der Waals surface area (Å²) in [6, 6.07) is 5.35. The van der Waals surface area contributed by atoms with Gasteiger partial charge in [-0.3, -0.25) is 14.7 Å². The minimum absolute atomic E-state index is 0.0684. The van der Waals surface area contributed by atoms with Gasteiger partial charge in [-0.25, -0.2) is 13.9 Å². The number of hydrogen-bond acceptors (Lipinski definition) is 7. The van der Waals surface area contributed by atoms with Crippen LogP contribution in [0.5, 0.6) is 0 Å². The van der Waals surface area contributed by atoms with Gasteiger partial charge in [-0.2, -0.15) is 5.10 Å². The second kappa shape index (κ2) is 8.09. The number of nitrogens with one attached hydrogen (secondary N) is 1. The van der Waals surface area contributed by atoms with E-state index in [0.717, 1.165) is 11.6 Å². The SMILES string of the molecule is C[C@@](CCn1cc2cc(C#CC#CC3(O)COC3)ccc2n1)(C(=O)NO)S(C)(=O)=O. The quantitative estimate of drug-likeness (QED) is 0.341. The molecule has 9 nitrogen and oxygen atoms in total. The summed E-state index contributed by atoms with van der Waals surface area (Å²) in [5, 5.41) is 23.9. The fraction of sp³-hybridized carbons (Fsp3) is 0.400. The Morgan fingerprint density at radius 1 is 1.40 bits per heavy atom. The van der Waals surface area contributed by atoms with E-state index in [9.17, 15) is 18.3 Å². The third kappa shape index (κ3) is 4.48. The number of hydroxylamine groups is 1. The number of sulfone groups is 1. The van der Waals surface area contributed by atoms with Crippen molar-refractivity contribution in [3.63, 3.8) is 0 Å². The molecule has 1 aromatic carbocycles. The molecule has 1 aliphatic heterocycles. The van der Waals surface area contributed by atoms with Crippen LogP contribution in [-0.4, -0.2) is 64.2 Å². The Kier molecular flexibility index (Phi) is 5.88. The molecule has 0 radical (unpaired) electrons. The lowest BCUT2D eigenvalue weighted by Gasteiger charge is -2.30. The summed E-state index contributed by atoms with van der Waals surface area (Å²) in [6.45, 7) is 1.78. The monoisotopic (exact) mass is 431 g/mol. The number of aryl methyl sites for hydroxylation is 1. The number of rotatable bonds is 5. The largest absolute Gasteiger partial charge is 0.373 e. The van der Waals surface area contributed by atoms with Crippen LogP contribution < -0.4 is 5.48 Å². The van der Waals surface area contributed by atoms with Crippen molar-refractivity contribution < 1.29 is 28.3 Å². The van der Waals surface area contributed by atoms with E-state index in [1.807, 2.05) is 6.07 Å². The summed E-state index contributed by atoms with van der Waals surface area (Å²) in [4.78, 5) is 11.9. The molecule has 1 amide bonds. The number of benzene rings is 1. The number of nitrogens with zero attached hydrogens (tertiary/aromatic N) is 2. The fourth-order valence-electron chi connectivity index (χ4n) is 2.80. The Labute approximate surface area is 173 Å². The van der Waals surface area contributed by atoms with E-state index in [1.54, 1.807) is 23.0 Å². The number of ether oxygens (including phenoxy) is 1. The van der Waals surface area contributed by atoms with E-state index in [2.05, 4.69) is 28.8 Å². The van der Waals surface area contributed by atoms with Gasteiger partial charge in [0.15, 0.2) is 20.2 Å². The van der Waals surface area contributed by atoms with Gasteiger partial charge < -0.3 is 9.84 Å². The Hall–Kier alpha value is -2.89. The first-order valence-electron chi connectivity index (χ1n) is 9.01. The molecule has 158 valence electrons. The molecule has 3 rings (SSSR count). The molecule has 0 bridgehead atoms. The number of aromatic nitrogens is 2. The molecular weight excluding hydrogens is 410 g/mol.